The van der Waals surface area contributed by atoms with Crippen LogP contribution in [-0.2, 0) is 4.79 Å². The molecule has 170 valence electrons. The summed E-state index contributed by atoms with van der Waals surface area (Å²) in [4.78, 5) is 26.2. The molecule has 0 radical (unpaired) electrons. The molecule has 0 N–H and O–H groups in total. The molecule has 0 saturated carbocycles. The average molecular weight is 492 g/mol. The van der Waals surface area contributed by atoms with Crippen molar-refractivity contribution in [2.45, 2.75) is 0 Å². The third kappa shape index (κ3) is 4.67. The maximum Gasteiger partial charge on any atom is 0.224 e. The quantitative estimate of drug-likeness (QED) is 0.254. The average Bonchev–Trinajstić information content (AvgIpc) is 2.88. The van der Waals surface area contributed by atoms with Crippen LogP contribution in [0.1, 0.15) is 10.4 Å². The van der Waals surface area contributed by atoms with Gasteiger partial charge < -0.3 is 9.47 Å². The van der Waals surface area contributed by atoms with Crippen LogP contribution in [0.25, 0.3) is 33.5 Å². The van der Waals surface area contributed by atoms with Crippen LogP contribution in [0.5, 0.6) is 11.6 Å². The van der Waals surface area contributed by atoms with Crippen molar-refractivity contribution in [3.63, 3.8) is 0 Å². The first-order chi connectivity index (χ1) is 16.6. The summed E-state index contributed by atoms with van der Waals surface area (Å²) in [5.41, 5.74) is 4.87. The highest BCUT2D eigenvalue weighted by Gasteiger charge is 2.17. The summed E-state index contributed by atoms with van der Waals surface area (Å²) in [5, 5.41) is 1.03. The van der Waals surface area contributed by atoms with Gasteiger partial charge in [0.1, 0.15) is 12.4 Å². The molecule has 0 amide bonds. The Morgan fingerprint density at radius 3 is 2.03 bits per heavy atom. The molecule has 1 heterocycles. The first-order valence-corrected chi connectivity index (χ1v) is 11.1. The number of benzene rings is 3. The highest BCUT2D eigenvalue weighted by Crippen LogP contribution is 2.42. The zero-order valence-electron chi connectivity index (χ0n) is 18.1. The van der Waals surface area contributed by atoms with Gasteiger partial charge in [-0.2, -0.15) is 0 Å². The minimum Gasteiger partial charge on any atom is -0.486 e. The Morgan fingerprint density at radius 1 is 0.794 bits per heavy atom. The second kappa shape index (κ2) is 10.5. The number of nitrogens with zero attached hydrogens (tertiary/aromatic N) is 1. The lowest BCUT2D eigenvalue weighted by atomic mass is 9.96. The summed E-state index contributed by atoms with van der Waals surface area (Å²) < 4.78 is 10.6. The van der Waals surface area contributed by atoms with E-state index in [-0.39, 0.29) is 12.5 Å². The number of aldehydes is 2. The number of carbonyl (C=O) groups excluding carboxylic acids is 2. The first-order valence-electron chi connectivity index (χ1n) is 10.3. The summed E-state index contributed by atoms with van der Waals surface area (Å²) in [6.07, 6.45) is 1.40. The van der Waals surface area contributed by atoms with Crippen LogP contribution in [0.2, 0.25) is 10.0 Å². The molecule has 1 aromatic heterocycles. The molecule has 0 aliphatic rings. The molecule has 0 saturated heterocycles. The Labute approximate surface area is 206 Å². The SMILES string of the molecule is COc1nc(-c2cccc(-c3cccc(-c4ccc(OCC=O)cc4)c3Cl)c2Cl)ccc1C=O. The molecule has 0 spiro atoms. The van der Waals surface area contributed by atoms with Crippen LogP contribution in [-0.4, -0.2) is 31.3 Å². The molecule has 0 atom stereocenters. The van der Waals surface area contributed by atoms with E-state index in [1.54, 1.807) is 24.3 Å². The summed E-state index contributed by atoms with van der Waals surface area (Å²) in [7, 11) is 1.46. The Bertz CT molecular complexity index is 1350. The predicted molar refractivity (Wildman–Crippen MR) is 134 cm³/mol. The third-order valence-corrected chi connectivity index (χ3v) is 6.07. The van der Waals surface area contributed by atoms with E-state index in [0.29, 0.717) is 45.2 Å². The molecule has 3 aromatic carbocycles. The zero-order valence-corrected chi connectivity index (χ0v) is 19.6. The lowest BCUT2D eigenvalue weighted by Gasteiger charge is -2.14. The first kappa shape index (κ1) is 23.5. The van der Waals surface area contributed by atoms with Crippen LogP contribution in [0.4, 0.5) is 0 Å². The normalized spacial score (nSPS) is 10.6. The van der Waals surface area contributed by atoms with Gasteiger partial charge in [-0.25, -0.2) is 4.98 Å². The largest absolute Gasteiger partial charge is 0.486 e. The second-order valence-corrected chi connectivity index (χ2v) is 8.01. The zero-order chi connectivity index (χ0) is 24.1. The van der Waals surface area contributed by atoms with E-state index in [9.17, 15) is 9.59 Å². The van der Waals surface area contributed by atoms with Crippen molar-refractivity contribution in [2.75, 3.05) is 13.7 Å². The molecule has 0 aliphatic carbocycles. The molecular formula is C27H19Cl2NO4. The molecule has 5 nitrogen and oxygen atoms in total. The minimum absolute atomic E-state index is 0.00301. The van der Waals surface area contributed by atoms with Gasteiger partial charge in [-0.05, 0) is 29.8 Å². The van der Waals surface area contributed by atoms with Gasteiger partial charge in [0.25, 0.3) is 0 Å². The van der Waals surface area contributed by atoms with Crippen molar-refractivity contribution in [3.05, 3.63) is 88.4 Å². The summed E-state index contributed by atoms with van der Waals surface area (Å²) in [6, 6.07) is 22.1. The van der Waals surface area contributed by atoms with Crippen molar-refractivity contribution >= 4 is 35.8 Å². The molecule has 34 heavy (non-hydrogen) atoms. The van der Waals surface area contributed by atoms with Crippen LogP contribution in [0, 0.1) is 0 Å². The minimum atomic E-state index is 0.00301. The third-order valence-electron chi connectivity index (χ3n) is 5.26. The van der Waals surface area contributed by atoms with Crippen molar-refractivity contribution in [1.29, 1.82) is 0 Å². The maximum atomic E-state index is 11.2. The maximum absolute atomic E-state index is 11.2. The Balaban J connectivity index is 1.75. The molecule has 7 heteroatoms. The summed E-state index contributed by atoms with van der Waals surface area (Å²) in [5.74, 6) is 0.831. The Kier molecular flexibility index (Phi) is 7.26. The van der Waals surface area contributed by atoms with Crippen molar-refractivity contribution in [2.24, 2.45) is 0 Å². The van der Waals surface area contributed by atoms with Gasteiger partial charge in [-0.15, -0.1) is 0 Å². The summed E-state index contributed by atoms with van der Waals surface area (Å²) in [6.45, 7) is 0.00301. The molecule has 0 bridgehead atoms. The van der Waals surface area contributed by atoms with E-state index in [4.69, 9.17) is 32.7 Å². The van der Waals surface area contributed by atoms with Gasteiger partial charge in [-0.3, -0.25) is 9.59 Å². The Morgan fingerprint density at radius 2 is 1.41 bits per heavy atom. The number of hydrogen-bond acceptors (Lipinski definition) is 5. The Hall–Kier alpha value is -3.67. The van der Waals surface area contributed by atoms with Crippen LogP contribution >= 0.6 is 23.2 Å². The fourth-order valence-electron chi connectivity index (χ4n) is 3.62. The van der Waals surface area contributed by atoms with Gasteiger partial charge in [0.05, 0.1) is 28.4 Å². The molecule has 0 unspecified atom stereocenters. The number of halogens is 2. The lowest BCUT2D eigenvalue weighted by Crippen LogP contribution is -1.97. The number of carbonyl (C=O) groups is 2. The molecule has 4 rings (SSSR count). The second-order valence-electron chi connectivity index (χ2n) is 7.25. The van der Waals surface area contributed by atoms with E-state index >= 15 is 0 Å². The molecule has 4 aromatic rings. The van der Waals surface area contributed by atoms with Crippen LogP contribution in [0.3, 0.4) is 0 Å². The van der Waals surface area contributed by atoms with Crippen molar-refractivity contribution < 1.29 is 19.1 Å². The number of methoxy groups -OCH3 is 1. The van der Waals surface area contributed by atoms with Gasteiger partial charge in [-0.1, -0.05) is 71.7 Å². The van der Waals surface area contributed by atoms with E-state index in [2.05, 4.69) is 4.98 Å². The van der Waals surface area contributed by atoms with E-state index < -0.39 is 0 Å². The lowest BCUT2D eigenvalue weighted by molar-refractivity contribution is -0.109. The van der Waals surface area contributed by atoms with E-state index in [0.717, 1.165) is 22.3 Å². The smallest absolute Gasteiger partial charge is 0.224 e. The number of hydrogen-bond donors (Lipinski definition) is 0. The fraction of sp³-hybridized carbons (Fsp3) is 0.0741. The number of aromatic nitrogens is 1. The fourth-order valence-corrected chi connectivity index (χ4v) is 4.28. The van der Waals surface area contributed by atoms with Gasteiger partial charge in [0.15, 0.2) is 12.6 Å². The van der Waals surface area contributed by atoms with Crippen LogP contribution < -0.4 is 9.47 Å². The van der Waals surface area contributed by atoms with Gasteiger partial charge in [0, 0.05) is 22.3 Å². The van der Waals surface area contributed by atoms with Crippen molar-refractivity contribution in [3.8, 4) is 45.1 Å². The molecular weight excluding hydrogens is 473 g/mol. The van der Waals surface area contributed by atoms with E-state index in [1.165, 1.54) is 7.11 Å². The monoisotopic (exact) mass is 491 g/mol. The number of ether oxygens (including phenoxy) is 2. The predicted octanol–water partition coefficient (Wildman–Crippen LogP) is 6.79. The summed E-state index contributed by atoms with van der Waals surface area (Å²) >= 11 is 13.7. The van der Waals surface area contributed by atoms with Gasteiger partial charge in [0.2, 0.25) is 5.88 Å². The van der Waals surface area contributed by atoms with Crippen molar-refractivity contribution in [1.82, 2.24) is 4.98 Å². The number of rotatable bonds is 8. The molecule has 0 aliphatic heterocycles. The number of pyridine rings is 1. The van der Waals surface area contributed by atoms with Gasteiger partial charge >= 0.3 is 0 Å². The van der Waals surface area contributed by atoms with E-state index in [1.807, 2.05) is 48.5 Å². The highest BCUT2D eigenvalue weighted by atomic mass is 35.5. The standard InChI is InChI=1S/C27H19Cl2NO4/c1-33-27-18(16-32)10-13-24(30-27)23-7-3-6-22(26(23)29)21-5-2-4-20(25(21)28)17-8-11-19(12-9-17)34-15-14-31/h2-14,16H,15H2,1H3. The van der Waals surface area contributed by atoms with Crippen LogP contribution in [0.15, 0.2) is 72.8 Å². The topological polar surface area (TPSA) is 65.5 Å². The highest BCUT2D eigenvalue weighted by molar-refractivity contribution is 6.39. The molecule has 0 fully saturated rings.